The van der Waals surface area contributed by atoms with Gasteiger partial charge in [0.25, 0.3) is 11.5 Å². The number of aromatic amines is 1. The monoisotopic (exact) mass is 438 g/mol. The van der Waals surface area contributed by atoms with E-state index >= 15 is 0 Å². The second-order valence-corrected chi connectivity index (χ2v) is 8.99. The highest BCUT2D eigenvalue weighted by Crippen LogP contribution is 2.28. The molecular formula is C24H34N6O2. The lowest BCUT2D eigenvalue weighted by molar-refractivity contribution is 0.0958. The molecule has 2 fully saturated rings. The Morgan fingerprint density at radius 3 is 2.62 bits per heavy atom. The topological polar surface area (TPSA) is 94.2 Å². The summed E-state index contributed by atoms with van der Waals surface area (Å²) in [7, 11) is 1.62. The summed E-state index contributed by atoms with van der Waals surface area (Å²) < 4.78 is 0. The largest absolute Gasteiger partial charge is 0.370 e. The summed E-state index contributed by atoms with van der Waals surface area (Å²) >= 11 is 0. The standard InChI is InChI=1S/C24H34N6O2/c1-3-18-13-27-22(28-23(18)31)19-5-4-10-29(16-19)15-17-8-11-30(12-9-17)20-6-7-21(26-14-20)24(32)25-2/h6-7,13-14,17,19H,3-5,8-12,15-16H2,1-2H3,(H,25,32)(H,27,28,31). The van der Waals surface area contributed by atoms with Crippen molar-refractivity contribution in [3.63, 3.8) is 0 Å². The molecule has 32 heavy (non-hydrogen) atoms. The molecule has 0 aromatic carbocycles. The van der Waals surface area contributed by atoms with Crippen molar-refractivity contribution in [2.24, 2.45) is 5.92 Å². The van der Waals surface area contributed by atoms with Gasteiger partial charge in [0.15, 0.2) is 0 Å². The lowest BCUT2D eigenvalue weighted by Crippen LogP contribution is -2.42. The van der Waals surface area contributed by atoms with E-state index in [0.29, 0.717) is 24.0 Å². The number of hydrogen-bond donors (Lipinski definition) is 2. The van der Waals surface area contributed by atoms with E-state index in [1.54, 1.807) is 25.5 Å². The number of aryl methyl sites for hydroxylation is 1. The SMILES string of the molecule is CCc1cnc(C2CCCN(CC3CCN(c4ccc(C(=O)NC)nc4)CC3)C2)[nH]c1=O. The Labute approximate surface area is 189 Å². The number of amides is 1. The predicted octanol–water partition coefficient (Wildman–Crippen LogP) is 2.18. The minimum atomic E-state index is -0.157. The van der Waals surface area contributed by atoms with Gasteiger partial charge < -0.3 is 20.1 Å². The third-order valence-electron chi connectivity index (χ3n) is 6.87. The number of carbonyl (C=O) groups excluding carboxylic acids is 1. The molecule has 2 aliphatic heterocycles. The van der Waals surface area contributed by atoms with Crippen LogP contribution in [0, 0.1) is 5.92 Å². The van der Waals surface area contributed by atoms with Crippen LogP contribution in [0.4, 0.5) is 5.69 Å². The van der Waals surface area contributed by atoms with Crippen molar-refractivity contribution in [2.75, 3.05) is 44.7 Å². The molecule has 8 heteroatoms. The number of nitrogens with zero attached hydrogens (tertiary/aromatic N) is 4. The zero-order valence-corrected chi connectivity index (χ0v) is 19.1. The molecule has 1 atom stereocenters. The zero-order chi connectivity index (χ0) is 22.5. The van der Waals surface area contributed by atoms with Crippen LogP contribution < -0.4 is 15.8 Å². The van der Waals surface area contributed by atoms with Crippen LogP contribution in [0.1, 0.15) is 60.4 Å². The van der Waals surface area contributed by atoms with Gasteiger partial charge in [0.1, 0.15) is 11.5 Å². The third-order valence-corrected chi connectivity index (χ3v) is 6.87. The van der Waals surface area contributed by atoms with Gasteiger partial charge in [-0.15, -0.1) is 0 Å². The molecule has 0 aliphatic carbocycles. The van der Waals surface area contributed by atoms with Crippen LogP contribution in [0.25, 0.3) is 0 Å². The van der Waals surface area contributed by atoms with Crippen LogP contribution in [0.2, 0.25) is 0 Å². The van der Waals surface area contributed by atoms with Gasteiger partial charge in [0.05, 0.1) is 11.9 Å². The molecule has 2 saturated heterocycles. The van der Waals surface area contributed by atoms with E-state index in [9.17, 15) is 9.59 Å². The molecule has 172 valence electrons. The molecule has 4 heterocycles. The quantitative estimate of drug-likeness (QED) is 0.718. The number of piperidine rings is 2. The maximum Gasteiger partial charge on any atom is 0.269 e. The molecule has 2 aromatic heterocycles. The molecular weight excluding hydrogens is 404 g/mol. The van der Waals surface area contributed by atoms with E-state index in [-0.39, 0.29) is 11.5 Å². The maximum absolute atomic E-state index is 12.2. The van der Waals surface area contributed by atoms with E-state index < -0.39 is 0 Å². The van der Waals surface area contributed by atoms with Gasteiger partial charge in [-0.05, 0) is 56.7 Å². The van der Waals surface area contributed by atoms with Gasteiger partial charge in [0, 0.05) is 50.9 Å². The Balaban J connectivity index is 1.29. The Bertz CT molecular complexity index is 965. The molecule has 2 aliphatic rings. The van der Waals surface area contributed by atoms with Crippen LogP contribution in [0.15, 0.2) is 29.3 Å². The molecule has 0 saturated carbocycles. The number of anilines is 1. The molecule has 1 unspecified atom stereocenters. The maximum atomic E-state index is 12.2. The zero-order valence-electron chi connectivity index (χ0n) is 19.1. The molecule has 2 N–H and O–H groups in total. The molecule has 0 bridgehead atoms. The second kappa shape index (κ2) is 10.3. The Hall–Kier alpha value is -2.74. The van der Waals surface area contributed by atoms with Crippen LogP contribution >= 0.6 is 0 Å². The van der Waals surface area contributed by atoms with E-state index in [1.165, 1.54) is 0 Å². The third kappa shape index (κ3) is 5.18. The second-order valence-electron chi connectivity index (χ2n) is 8.99. The summed E-state index contributed by atoms with van der Waals surface area (Å²) in [5.41, 5.74) is 2.30. The summed E-state index contributed by atoms with van der Waals surface area (Å²) in [5.74, 6) is 1.68. The summed E-state index contributed by atoms with van der Waals surface area (Å²) in [6.45, 7) is 7.20. The molecule has 4 rings (SSSR count). The minimum absolute atomic E-state index is 0.0137. The van der Waals surface area contributed by atoms with Crippen molar-refractivity contribution in [3.05, 3.63) is 52.0 Å². The smallest absolute Gasteiger partial charge is 0.269 e. The first-order valence-corrected chi connectivity index (χ1v) is 11.8. The van der Waals surface area contributed by atoms with Crippen molar-refractivity contribution in [2.45, 2.75) is 44.9 Å². The summed E-state index contributed by atoms with van der Waals surface area (Å²) in [5, 5.41) is 2.61. The molecule has 8 nitrogen and oxygen atoms in total. The summed E-state index contributed by atoms with van der Waals surface area (Å²) in [6.07, 6.45) is 8.80. The highest BCUT2D eigenvalue weighted by atomic mass is 16.1. The number of carbonyl (C=O) groups is 1. The molecule has 0 radical (unpaired) electrons. The number of rotatable bonds is 6. The van der Waals surface area contributed by atoms with Crippen LogP contribution in [0.3, 0.4) is 0 Å². The molecule has 2 aromatic rings. The van der Waals surface area contributed by atoms with Crippen molar-refractivity contribution in [1.82, 2.24) is 25.2 Å². The van der Waals surface area contributed by atoms with Gasteiger partial charge in [-0.1, -0.05) is 6.92 Å². The van der Waals surface area contributed by atoms with Crippen molar-refractivity contribution >= 4 is 11.6 Å². The van der Waals surface area contributed by atoms with Crippen LogP contribution in [-0.2, 0) is 6.42 Å². The fraction of sp³-hybridized carbons (Fsp3) is 0.583. The lowest BCUT2D eigenvalue weighted by atomic mass is 9.92. The molecule has 1 amide bonds. The predicted molar refractivity (Wildman–Crippen MR) is 125 cm³/mol. The minimum Gasteiger partial charge on any atom is -0.370 e. The first-order chi connectivity index (χ1) is 15.6. The number of nitrogens with one attached hydrogen (secondary N) is 2. The van der Waals surface area contributed by atoms with Crippen molar-refractivity contribution in [1.29, 1.82) is 0 Å². The summed E-state index contributed by atoms with van der Waals surface area (Å²) in [6, 6.07) is 3.78. The summed E-state index contributed by atoms with van der Waals surface area (Å²) in [4.78, 5) is 40.7. The fourth-order valence-corrected chi connectivity index (χ4v) is 4.91. The number of hydrogen-bond acceptors (Lipinski definition) is 6. The number of aromatic nitrogens is 3. The average molecular weight is 439 g/mol. The van der Waals surface area contributed by atoms with Gasteiger partial charge in [-0.3, -0.25) is 9.59 Å². The fourth-order valence-electron chi connectivity index (χ4n) is 4.91. The van der Waals surface area contributed by atoms with Gasteiger partial charge in [-0.25, -0.2) is 9.97 Å². The van der Waals surface area contributed by atoms with E-state index in [0.717, 1.165) is 75.5 Å². The van der Waals surface area contributed by atoms with Crippen molar-refractivity contribution < 1.29 is 4.79 Å². The number of likely N-dealkylation sites (tertiary alicyclic amines) is 1. The lowest BCUT2D eigenvalue weighted by Gasteiger charge is -2.38. The first kappa shape index (κ1) is 22.5. The van der Waals surface area contributed by atoms with Gasteiger partial charge >= 0.3 is 0 Å². The van der Waals surface area contributed by atoms with Gasteiger partial charge in [-0.2, -0.15) is 0 Å². The first-order valence-electron chi connectivity index (χ1n) is 11.8. The van der Waals surface area contributed by atoms with E-state index in [4.69, 9.17) is 0 Å². The van der Waals surface area contributed by atoms with Crippen LogP contribution in [-0.4, -0.2) is 65.5 Å². The number of H-pyrrole nitrogens is 1. The Morgan fingerprint density at radius 2 is 1.97 bits per heavy atom. The van der Waals surface area contributed by atoms with Crippen molar-refractivity contribution in [3.8, 4) is 0 Å². The van der Waals surface area contributed by atoms with E-state index in [2.05, 4.69) is 30.1 Å². The molecule has 0 spiro atoms. The number of pyridine rings is 1. The average Bonchev–Trinajstić information content (AvgIpc) is 2.84. The van der Waals surface area contributed by atoms with Crippen LogP contribution in [0.5, 0.6) is 0 Å². The Kier molecular flexibility index (Phi) is 7.19. The normalized spacial score (nSPS) is 20.3. The Morgan fingerprint density at radius 1 is 1.16 bits per heavy atom. The highest BCUT2D eigenvalue weighted by molar-refractivity contribution is 5.92. The van der Waals surface area contributed by atoms with Gasteiger partial charge in [0.2, 0.25) is 0 Å². The highest BCUT2D eigenvalue weighted by Gasteiger charge is 2.27. The van der Waals surface area contributed by atoms with E-state index in [1.807, 2.05) is 13.0 Å².